The van der Waals surface area contributed by atoms with Crippen molar-refractivity contribution < 1.29 is 4.79 Å². The fourth-order valence-corrected chi connectivity index (χ4v) is 3.74. The van der Waals surface area contributed by atoms with Crippen LogP contribution in [0.2, 0.25) is 0 Å². The van der Waals surface area contributed by atoms with Crippen LogP contribution < -0.4 is 5.43 Å². The lowest BCUT2D eigenvalue weighted by molar-refractivity contribution is 0.0954. The van der Waals surface area contributed by atoms with Crippen LogP contribution in [0, 0.1) is 6.92 Å². The number of amides is 1. The summed E-state index contributed by atoms with van der Waals surface area (Å²) in [5, 5.41) is 5.94. The van der Waals surface area contributed by atoms with Gasteiger partial charge in [0.05, 0.1) is 11.8 Å². The van der Waals surface area contributed by atoms with Crippen molar-refractivity contribution in [3.8, 4) is 0 Å². The molecule has 0 unspecified atom stereocenters. The van der Waals surface area contributed by atoms with Gasteiger partial charge in [-0.3, -0.25) is 4.79 Å². The van der Waals surface area contributed by atoms with E-state index in [0.29, 0.717) is 0 Å². The largest absolute Gasteiger partial charge is 0.272 e. The van der Waals surface area contributed by atoms with E-state index in [4.69, 9.17) is 0 Å². The third kappa shape index (κ3) is 3.35. The van der Waals surface area contributed by atoms with E-state index < -0.39 is 0 Å². The van der Waals surface area contributed by atoms with Gasteiger partial charge >= 0.3 is 0 Å². The molecule has 0 saturated carbocycles. The van der Waals surface area contributed by atoms with E-state index in [1.54, 1.807) is 28.9 Å². The quantitative estimate of drug-likeness (QED) is 0.658. The van der Waals surface area contributed by atoms with Gasteiger partial charge in [-0.25, -0.2) is 5.43 Å². The molecule has 0 spiro atoms. The first-order chi connectivity index (χ1) is 9.65. The Kier molecular flexibility index (Phi) is 5.09. The summed E-state index contributed by atoms with van der Waals surface area (Å²) in [5.41, 5.74) is 4.47. The van der Waals surface area contributed by atoms with Crippen LogP contribution in [0.15, 0.2) is 22.6 Å². The smallest absolute Gasteiger partial charge is 0.267 e. The average molecular weight is 306 g/mol. The minimum atomic E-state index is -0.130. The first-order valence-corrected chi connectivity index (χ1v) is 8.34. The third-order valence-corrected chi connectivity index (χ3v) is 5.21. The standard InChI is InChI=1S/C15H18N2OS2/c1-4-11-6-7-12(20-11)8-16-17-15(18)14-9-19-10(3)13(14)5-2/h6-9H,4-5H2,1-3H3,(H,17,18). The molecule has 0 bridgehead atoms. The molecule has 0 aromatic carbocycles. The van der Waals surface area contributed by atoms with Crippen LogP contribution in [-0.4, -0.2) is 12.1 Å². The highest BCUT2D eigenvalue weighted by Gasteiger charge is 2.13. The van der Waals surface area contributed by atoms with Crippen LogP contribution in [0.3, 0.4) is 0 Å². The van der Waals surface area contributed by atoms with E-state index in [-0.39, 0.29) is 5.91 Å². The van der Waals surface area contributed by atoms with E-state index in [1.165, 1.54) is 9.75 Å². The monoisotopic (exact) mass is 306 g/mol. The van der Waals surface area contributed by atoms with Crippen molar-refractivity contribution in [2.75, 3.05) is 0 Å². The molecule has 2 aromatic heterocycles. The zero-order valence-electron chi connectivity index (χ0n) is 11.9. The van der Waals surface area contributed by atoms with Crippen molar-refractivity contribution in [1.29, 1.82) is 0 Å². The van der Waals surface area contributed by atoms with Crippen LogP contribution in [0.4, 0.5) is 0 Å². The van der Waals surface area contributed by atoms with Crippen LogP contribution >= 0.6 is 22.7 Å². The number of nitrogens with zero attached hydrogens (tertiary/aromatic N) is 1. The van der Waals surface area contributed by atoms with Crippen LogP contribution in [0.25, 0.3) is 0 Å². The first kappa shape index (κ1) is 14.9. The molecule has 1 N–H and O–H groups in total. The van der Waals surface area contributed by atoms with Crippen molar-refractivity contribution in [1.82, 2.24) is 5.43 Å². The zero-order valence-corrected chi connectivity index (χ0v) is 13.5. The fourth-order valence-electron chi connectivity index (χ4n) is 1.98. The Morgan fingerprint density at radius 1 is 1.35 bits per heavy atom. The molecule has 0 aliphatic heterocycles. The predicted octanol–water partition coefficient (Wildman–Crippen LogP) is 4.01. The Morgan fingerprint density at radius 3 is 2.80 bits per heavy atom. The number of hydrogen-bond donors (Lipinski definition) is 1. The SMILES string of the molecule is CCc1ccc(C=NNC(=O)c2csc(C)c2CC)s1. The Balaban J connectivity index is 2.01. The molecule has 2 rings (SSSR count). The summed E-state index contributed by atoms with van der Waals surface area (Å²) >= 11 is 3.30. The van der Waals surface area contributed by atoms with E-state index in [9.17, 15) is 4.79 Å². The maximum atomic E-state index is 12.1. The number of carbonyl (C=O) groups excluding carboxylic acids is 1. The maximum Gasteiger partial charge on any atom is 0.272 e. The highest BCUT2D eigenvalue weighted by molar-refractivity contribution is 7.13. The van der Waals surface area contributed by atoms with Crippen molar-refractivity contribution in [2.45, 2.75) is 33.6 Å². The normalized spacial score (nSPS) is 11.2. The summed E-state index contributed by atoms with van der Waals surface area (Å²) < 4.78 is 0. The molecule has 20 heavy (non-hydrogen) atoms. The van der Waals surface area contributed by atoms with Gasteiger partial charge in [-0.2, -0.15) is 5.10 Å². The first-order valence-electron chi connectivity index (χ1n) is 6.64. The van der Waals surface area contributed by atoms with Gasteiger partial charge in [0, 0.05) is 20.0 Å². The molecular weight excluding hydrogens is 288 g/mol. The van der Waals surface area contributed by atoms with Gasteiger partial charge in [0.15, 0.2) is 0 Å². The molecule has 0 fully saturated rings. The van der Waals surface area contributed by atoms with Gasteiger partial charge in [-0.05, 0) is 37.5 Å². The van der Waals surface area contributed by atoms with E-state index in [1.807, 2.05) is 18.4 Å². The predicted molar refractivity (Wildman–Crippen MR) is 87.2 cm³/mol. The molecule has 106 valence electrons. The molecule has 0 aliphatic carbocycles. The summed E-state index contributed by atoms with van der Waals surface area (Å²) in [7, 11) is 0. The zero-order chi connectivity index (χ0) is 14.5. The molecule has 0 radical (unpaired) electrons. The van der Waals surface area contributed by atoms with Crippen molar-refractivity contribution in [3.05, 3.63) is 43.3 Å². The van der Waals surface area contributed by atoms with Gasteiger partial charge in [-0.15, -0.1) is 22.7 Å². The minimum Gasteiger partial charge on any atom is -0.267 e. The Hall–Kier alpha value is -1.46. The summed E-state index contributed by atoms with van der Waals surface area (Å²) in [6, 6.07) is 4.11. The number of nitrogens with one attached hydrogen (secondary N) is 1. The van der Waals surface area contributed by atoms with Crippen molar-refractivity contribution >= 4 is 34.8 Å². The van der Waals surface area contributed by atoms with E-state index >= 15 is 0 Å². The Labute approximate surface area is 127 Å². The second-order valence-corrected chi connectivity index (χ2v) is 6.68. The van der Waals surface area contributed by atoms with Crippen LogP contribution in [-0.2, 0) is 12.8 Å². The summed E-state index contributed by atoms with van der Waals surface area (Å²) in [6.45, 7) is 6.23. The van der Waals surface area contributed by atoms with Crippen LogP contribution in [0.1, 0.15) is 44.4 Å². The summed E-state index contributed by atoms with van der Waals surface area (Å²) in [5.74, 6) is -0.130. The summed E-state index contributed by atoms with van der Waals surface area (Å²) in [6.07, 6.45) is 3.60. The van der Waals surface area contributed by atoms with E-state index in [2.05, 4.69) is 30.4 Å². The lowest BCUT2D eigenvalue weighted by Crippen LogP contribution is -2.18. The highest BCUT2D eigenvalue weighted by Crippen LogP contribution is 2.22. The lowest BCUT2D eigenvalue weighted by atomic mass is 10.1. The molecule has 1 amide bonds. The van der Waals surface area contributed by atoms with Crippen molar-refractivity contribution in [3.63, 3.8) is 0 Å². The molecule has 5 heteroatoms. The number of aryl methyl sites for hydroxylation is 2. The number of thiophene rings is 2. The van der Waals surface area contributed by atoms with Gasteiger partial charge in [0.2, 0.25) is 0 Å². The molecule has 2 heterocycles. The topological polar surface area (TPSA) is 41.5 Å². The fraction of sp³-hybridized carbons (Fsp3) is 0.333. The lowest BCUT2D eigenvalue weighted by Gasteiger charge is -2.01. The molecule has 0 aliphatic rings. The van der Waals surface area contributed by atoms with Gasteiger partial charge in [0.1, 0.15) is 0 Å². The van der Waals surface area contributed by atoms with Crippen molar-refractivity contribution in [2.24, 2.45) is 5.10 Å². The Morgan fingerprint density at radius 2 is 2.15 bits per heavy atom. The number of hydrazone groups is 1. The number of rotatable bonds is 5. The molecule has 0 saturated heterocycles. The average Bonchev–Trinajstić information content (AvgIpc) is 3.04. The number of carbonyl (C=O) groups is 1. The maximum absolute atomic E-state index is 12.1. The van der Waals surface area contributed by atoms with Gasteiger partial charge < -0.3 is 0 Å². The molecule has 0 atom stereocenters. The van der Waals surface area contributed by atoms with Gasteiger partial charge in [0.25, 0.3) is 5.91 Å². The molecular formula is C15H18N2OS2. The molecule has 2 aromatic rings. The second-order valence-electron chi connectivity index (χ2n) is 4.39. The van der Waals surface area contributed by atoms with Crippen LogP contribution in [0.5, 0.6) is 0 Å². The second kappa shape index (κ2) is 6.81. The van der Waals surface area contributed by atoms with Gasteiger partial charge in [-0.1, -0.05) is 13.8 Å². The highest BCUT2D eigenvalue weighted by atomic mass is 32.1. The molecule has 3 nitrogen and oxygen atoms in total. The summed E-state index contributed by atoms with van der Waals surface area (Å²) in [4.78, 5) is 15.6. The Bertz CT molecular complexity index is 626. The van der Waals surface area contributed by atoms with E-state index in [0.717, 1.165) is 28.8 Å². The minimum absolute atomic E-state index is 0.130. The third-order valence-electron chi connectivity index (χ3n) is 3.09. The number of hydrogen-bond acceptors (Lipinski definition) is 4.